The molecule has 0 aliphatic heterocycles. The predicted octanol–water partition coefficient (Wildman–Crippen LogP) is 3.20. The lowest BCUT2D eigenvalue weighted by molar-refractivity contribution is 0.0472. The zero-order chi connectivity index (χ0) is 16.3. The summed E-state index contributed by atoms with van der Waals surface area (Å²) in [6.45, 7) is 4.93. The van der Waals surface area contributed by atoms with E-state index in [2.05, 4.69) is 16.9 Å². The van der Waals surface area contributed by atoms with E-state index in [1.807, 2.05) is 26.1 Å². The zero-order valence-corrected chi connectivity index (χ0v) is 14.0. The largest absolute Gasteiger partial charge is 0.457 e. The molecule has 0 aliphatic carbocycles. The van der Waals surface area contributed by atoms with Crippen LogP contribution in [0.5, 0.6) is 0 Å². The highest BCUT2D eigenvalue weighted by atomic mass is 35.5. The molecule has 0 aliphatic rings. The Hall–Kier alpha value is -2.01. The highest BCUT2D eigenvalue weighted by Gasteiger charge is 2.14. The van der Waals surface area contributed by atoms with E-state index in [1.165, 1.54) is 0 Å². The summed E-state index contributed by atoms with van der Waals surface area (Å²) in [5.74, 6) is -0.370. The Labute approximate surface area is 135 Å². The lowest BCUT2D eigenvalue weighted by Crippen LogP contribution is -2.15. The molecule has 1 heterocycles. The maximum atomic E-state index is 12.1. The molecule has 118 valence electrons. The van der Waals surface area contributed by atoms with Crippen LogP contribution in [0.2, 0.25) is 5.15 Å². The minimum absolute atomic E-state index is 0.119. The van der Waals surface area contributed by atoms with E-state index in [0.717, 1.165) is 23.5 Å². The van der Waals surface area contributed by atoms with Crippen LogP contribution in [-0.2, 0) is 18.4 Å². The number of nitrogens with zero attached hydrogens (tertiary/aromatic N) is 3. The van der Waals surface area contributed by atoms with Crippen molar-refractivity contribution in [2.45, 2.75) is 20.5 Å². The van der Waals surface area contributed by atoms with Gasteiger partial charge in [0.05, 0.1) is 11.3 Å². The second-order valence-corrected chi connectivity index (χ2v) is 5.47. The quantitative estimate of drug-likeness (QED) is 0.793. The normalized spacial score (nSPS) is 10.6. The van der Waals surface area contributed by atoms with Gasteiger partial charge in [0.1, 0.15) is 11.8 Å². The molecular formula is C16H20ClN3O2. The number of hydrogen-bond donors (Lipinski definition) is 0. The molecule has 0 N–H and O–H groups in total. The van der Waals surface area contributed by atoms with E-state index in [1.54, 1.807) is 23.9 Å². The van der Waals surface area contributed by atoms with Crippen molar-refractivity contribution in [3.63, 3.8) is 0 Å². The molecule has 22 heavy (non-hydrogen) atoms. The van der Waals surface area contributed by atoms with Gasteiger partial charge in [0.15, 0.2) is 0 Å². The number of aromatic nitrogens is 2. The molecular weight excluding hydrogens is 302 g/mol. The molecule has 6 heteroatoms. The van der Waals surface area contributed by atoms with Crippen LogP contribution in [0.15, 0.2) is 24.3 Å². The zero-order valence-electron chi connectivity index (χ0n) is 13.3. The molecule has 0 fully saturated rings. The lowest BCUT2D eigenvalue weighted by Gasteiger charge is -2.16. The van der Waals surface area contributed by atoms with Crippen molar-refractivity contribution in [1.82, 2.24) is 9.78 Å². The van der Waals surface area contributed by atoms with Crippen molar-refractivity contribution in [3.8, 4) is 0 Å². The molecule has 0 bridgehead atoms. The number of carbonyl (C=O) groups is 1. The fourth-order valence-corrected chi connectivity index (χ4v) is 2.32. The molecule has 0 unspecified atom stereocenters. The van der Waals surface area contributed by atoms with Gasteiger partial charge in [-0.15, -0.1) is 0 Å². The third-order valence-electron chi connectivity index (χ3n) is 3.64. The van der Waals surface area contributed by atoms with E-state index in [4.69, 9.17) is 16.3 Å². The molecule has 5 nitrogen and oxygen atoms in total. The van der Waals surface area contributed by atoms with Gasteiger partial charge in [-0.3, -0.25) is 4.68 Å². The number of rotatable bonds is 5. The van der Waals surface area contributed by atoms with Gasteiger partial charge < -0.3 is 9.64 Å². The summed E-state index contributed by atoms with van der Waals surface area (Å²) in [5, 5.41) is 4.68. The molecule has 2 rings (SSSR count). The van der Waals surface area contributed by atoms with E-state index < -0.39 is 0 Å². The Morgan fingerprint density at radius 1 is 1.36 bits per heavy atom. The number of anilines is 1. The van der Waals surface area contributed by atoms with Crippen molar-refractivity contribution >= 4 is 23.3 Å². The Balaban J connectivity index is 2.03. The molecule has 1 aromatic heterocycles. The van der Waals surface area contributed by atoms with Crippen LogP contribution in [0.4, 0.5) is 5.69 Å². The van der Waals surface area contributed by atoms with Crippen molar-refractivity contribution in [1.29, 1.82) is 0 Å². The summed E-state index contributed by atoms with van der Waals surface area (Å²) in [4.78, 5) is 14.2. The molecule has 0 spiro atoms. The Kier molecular flexibility index (Phi) is 5.08. The summed E-state index contributed by atoms with van der Waals surface area (Å²) in [7, 11) is 3.75. The second kappa shape index (κ2) is 6.83. The van der Waals surface area contributed by atoms with E-state index in [9.17, 15) is 4.79 Å². The molecule has 0 saturated heterocycles. The Morgan fingerprint density at radius 3 is 2.50 bits per heavy atom. The lowest BCUT2D eigenvalue weighted by atomic mass is 10.2. The number of esters is 1. The smallest absolute Gasteiger partial charge is 0.338 e. The van der Waals surface area contributed by atoms with Crippen LogP contribution in [0.25, 0.3) is 0 Å². The third-order valence-corrected chi connectivity index (χ3v) is 4.11. The van der Waals surface area contributed by atoms with Gasteiger partial charge in [-0.2, -0.15) is 5.10 Å². The number of hydrogen-bond acceptors (Lipinski definition) is 4. The van der Waals surface area contributed by atoms with Gasteiger partial charge in [0.2, 0.25) is 0 Å². The van der Waals surface area contributed by atoms with Gasteiger partial charge >= 0.3 is 5.97 Å². The minimum atomic E-state index is -0.370. The summed E-state index contributed by atoms with van der Waals surface area (Å²) >= 11 is 6.12. The van der Waals surface area contributed by atoms with E-state index in [0.29, 0.717) is 10.7 Å². The maximum absolute atomic E-state index is 12.1. The first-order valence-corrected chi connectivity index (χ1v) is 7.48. The first kappa shape index (κ1) is 16.4. The SMILES string of the molecule is CCN(C)c1ccc(C(=O)OCc2c(C)nn(C)c2Cl)cc1. The Bertz CT molecular complexity index is 665. The molecule has 0 atom stereocenters. The van der Waals surface area contributed by atoms with E-state index >= 15 is 0 Å². The van der Waals surface area contributed by atoms with Crippen molar-refractivity contribution in [3.05, 3.63) is 46.2 Å². The molecule has 1 aromatic carbocycles. The van der Waals surface area contributed by atoms with Crippen molar-refractivity contribution < 1.29 is 9.53 Å². The number of benzene rings is 1. The van der Waals surface area contributed by atoms with Gasteiger partial charge in [-0.25, -0.2) is 4.79 Å². The summed E-state index contributed by atoms with van der Waals surface area (Å²) < 4.78 is 6.89. The average molecular weight is 322 g/mol. The van der Waals surface area contributed by atoms with Crippen molar-refractivity contribution in [2.24, 2.45) is 7.05 Å². The predicted molar refractivity (Wildman–Crippen MR) is 87.5 cm³/mol. The highest BCUT2D eigenvalue weighted by Crippen LogP contribution is 2.20. The van der Waals surface area contributed by atoms with Gasteiger partial charge in [0, 0.05) is 31.9 Å². The summed E-state index contributed by atoms with van der Waals surface area (Å²) in [6, 6.07) is 7.34. The Morgan fingerprint density at radius 2 is 2.00 bits per heavy atom. The number of halogens is 1. The van der Waals surface area contributed by atoms with Crippen LogP contribution < -0.4 is 4.90 Å². The topological polar surface area (TPSA) is 47.4 Å². The van der Waals surface area contributed by atoms with Gasteiger partial charge in [-0.05, 0) is 38.1 Å². The number of carbonyl (C=O) groups excluding carboxylic acids is 1. The third kappa shape index (κ3) is 3.42. The van der Waals surface area contributed by atoms with Crippen LogP contribution in [-0.4, -0.2) is 29.3 Å². The first-order valence-electron chi connectivity index (χ1n) is 7.10. The fourth-order valence-electron chi connectivity index (χ4n) is 2.09. The fraction of sp³-hybridized carbons (Fsp3) is 0.375. The van der Waals surface area contributed by atoms with Gasteiger partial charge in [-0.1, -0.05) is 11.6 Å². The standard InChI is InChI=1S/C16H20ClN3O2/c1-5-19(3)13-8-6-12(7-9-13)16(21)22-10-14-11(2)18-20(4)15(14)17/h6-9H,5,10H2,1-4H3. The van der Waals surface area contributed by atoms with Crippen LogP contribution >= 0.6 is 11.6 Å². The number of aryl methyl sites for hydroxylation is 2. The van der Waals surface area contributed by atoms with E-state index in [-0.39, 0.29) is 12.6 Å². The van der Waals surface area contributed by atoms with Gasteiger partial charge in [0.25, 0.3) is 0 Å². The van der Waals surface area contributed by atoms with Crippen LogP contribution in [0.1, 0.15) is 28.5 Å². The highest BCUT2D eigenvalue weighted by molar-refractivity contribution is 6.30. The molecule has 0 saturated carbocycles. The summed E-state index contributed by atoms with van der Waals surface area (Å²) in [6.07, 6.45) is 0. The number of ether oxygens (including phenoxy) is 1. The molecule has 2 aromatic rings. The minimum Gasteiger partial charge on any atom is -0.457 e. The summed E-state index contributed by atoms with van der Waals surface area (Å²) in [5.41, 5.74) is 3.08. The van der Waals surface area contributed by atoms with Crippen LogP contribution in [0, 0.1) is 6.92 Å². The second-order valence-electron chi connectivity index (χ2n) is 5.12. The maximum Gasteiger partial charge on any atom is 0.338 e. The molecule has 0 radical (unpaired) electrons. The monoisotopic (exact) mass is 321 g/mol. The van der Waals surface area contributed by atoms with Crippen LogP contribution in [0.3, 0.4) is 0 Å². The first-order chi connectivity index (χ1) is 10.4. The average Bonchev–Trinajstić information content (AvgIpc) is 2.77. The van der Waals surface area contributed by atoms with Crippen molar-refractivity contribution in [2.75, 3.05) is 18.5 Å². The molecule has 0 amide bonds.